The monoisotopic (exact) mass is 316 g/mol. The summed E-state index contributed by atoms with van der Waals surface area (Å²) in [5.41, 5.74) is 4.14. The highest BCUT2D eigenvalue weighted by molar-refractivity contribution is 6.42. The Kier molecular flexibility index (Phi) is 4.00. The van der Waals surface area contributed by atoms with E-state index in [0.717, 1.165) is 27.8 Å². The lowest BCUT2D eigenvalue weighted by molar-refractivity contribution is 1.14. The third kappa shape index (κ3) is 3.12. The van der Waals surface area contributed by atoms with Gasteiger partial charge in [-0.2, -0.15) is 0 Å². The van der Waals surface area contributed by atoms with E-state index < -0.39 is 0 Å². The average Bonchev–Trinajstić information content (AvgIpc) is 2.48. The molecule has 21 heavy (non-hydrogen) atoms. The minimum Gasteiger partial charge on any atom is -0.380 e. The maximum atomic E-state index is 6.05. The number of para-hydroxylation sites is 1. The first-order valence-electron chi connectivity index (χ1n) is 6.68. The number of benzene rings is 2. The van der Waals surface area contributed by atoms with Crippen molar-refractivity contribution in [1.29, 1.82) is 0 Å². The topological polar surface area (TPSA) is 24.9 Å². The summed E-state index contributed by atoms with van der Waals surface area (Å²) in [4.78, 5) is 4.54. The zero-order chi connectivity index (χ0) is 14.8. The van der Waals surface area contributed by atoms with Crippen molar-refractivity contribution in [3.8, 4) is 0 Å². The van der Waals surface area contributed by atoms with E-state index in [1.165, 1.54) is 0 Å². The molecule has 0 saturated heterocycles. The number of nitrogens with one attached hydrogen (secondary N) is 1. The predicted molar refractivity (Wildman–Crippen MR) is 90.3 cm³/mol. The number of rotatable bonds is 3. The Balaban J connectivity index is 1.89. The molecule has 1 aromatic heterocycles. The van der Waals surface area contributed by atoms with E-state index in [4.69, 9.17) is 23.2 Å². The molecular formula is C17H14Cl2N2. The van der Waals surface area contributed by atoms with Gasteiger partial charge in [-0.3, -0.25) is 4.98 Å². The Morgan fingerprint density at radius 1 is 1.00 bits per heavy atom. The summed E-state index contributed by atoms with van der Waals surface area (Å²) in [6.45, 7) is 2.68. The number of aromatic nitrogens is 1. The van der Waals surface area contributed by atoms with Gasteiger partial charge < -0.3 is 5.32 Å². The van der Waals surface area contributed by atoms with E-state index in [1.54, 1.807) is 0 Å². The van der Waals surface area contributed by atoms with Gasteiger partial charge in [0.1, 0.15) is 0 Å². The van der Waals surface area contributed by atoms with Crippen molar-refractivity contribution in [2.24, 2.45) is 0 Å². The minimum absolute atomic E-state index is 0.575. The number of nitrogens with zero attached hydrogens (tertiary/aromatic N) is 1. The van der Waals surface area contributed by atoms with Gasteiger partial charge in [0, 0.05) is 23.3 Å². The molecule has 0 radical (unpaired) electrons. The summed E-state index contributed by atoms with van der Waals surface area (Å²) < 4.78 is 0. The number of fused-ring (bicyclic) bond motifs is 1. The molecule has 106 valence electrons. The molecule has 1 N–H and O–H groups in total. The first-order valence-corrected chi connectivity index (χ1v) is 7.43. The summed E-state index contributed by atoms with van der Waals surface area (Å²) in [6, 6.07) is 15.8. The van der Waals surface area contributed by atoms with Crippen LogP contribution in [0.5, 0.6) is 0 Å². The maximum Gasteiger partial charge on any atom is 0.0725 e. The molecule has 1 heterocycles. The van der Waals surface area contributed by atoms with Crippen LogP contribution in [0, 0.1) is 6.92 Å². The van der Waals surface area contributed by atoms with Gasteiger partial charge in [0.2, 0.25) is 0 Å². The van der Waals surface area contributed by atoms with Crippen molar-refractivity contribution in [3.05, 3.63) is 69.8 Å². The third-order valence-electron chi connectivity index (χ3n) is 3.31. The molecule has 4 heteroatoms. The van der Waals surface area contributed by atoms with Gasteiger partial charge in [-0.25, -0.2) is 0 Å². The molecule has 0 saturated carbocycles. The van der Waals surface area contributed by atoms with Gasteiger partial charge in [0.15, 0.2) is 0 Å². The summed E-state index contributed by atoms with van der Waals surface area (Å²) in [6.07, 6.45) is 0. The highest BCUT2D eigenvalue weighted by Gasteiger charge is 2.04. The van der Waals surface area contributed by atoms with E-state index >= 15 is 0 Å². The normalized spacial score (nSPS) is 10.8. The van der Waals surface area contributed by atoms with Crippen molar-refractivity contribution in [3.63, 3.8) is 0 Å². The summed E-state index contributed by atoms with van der Waals surface area (Å²) in [7, 11) is 0. The summed E-state index contributed by atoms with van der Waals surface area (Å²) in [5, 5.41) is 5.71. The molecule has 0 spiro atoms. The lowest BCUT2D eigenvalue weighted by Gasteiger charge is -2.11. The van der Waals surface area contributed by atoms with Crippen LogP contribution in [0.1, 0.15) is 11.3 Å². The highest BCUT2D eigenvalue weighted by Crippen LogP contribution is 2.25. The molecule has 0 amide bonds. The highest BCUT2D eigenvalue weighted by atomic mass is 35.5. The Morgan fingerprint density at radius 2 is 1.81 bits per heavy atom. The fourth-order valence-corrected chi connectivity index (χ4v) is 2.62. The summed E-state index contributed by atoms with van der Waals surface area (Å²) >= 11 is 12.0. The van der Waals surface area contributed by atoms with Gasteiger partial charge in [-0.05, 0) is 36.8 Å². The number of pyridine rings is 1. The molecule has 2 aromatic carbocycles. The van der Waals surface area contributed by atoms with Crippen LogP contribution in [0.3, 0.4) is 0 Å². The second kappa shape index (κ2) is 5.92. The fraction of sp³-hybridized carbons (Fsp3) is 0.118. The summed E-state index contributed by atoms with van der Waals surface area (Å²) in [5.74, 6) is 0. The lowest BCUT2D eigenvalue weighted by atomic mass is 10.1. The van der Waals surface area contributed by atoms with E-state index in [9.17, 15) is 0 Å². The van der Waals surface area contributed by atoms with Crippen LogP contribution >= 0.6 is 23.2 Å². The fourth-order valence-electron chi connectivity index (χ4n) is 2.30. The zero-order valence-corrected chi connectivity index (χ0v) is 13.0. The van der Waals surface area contributed by atoms with Gasteiger partial charge in [-0.1, -0.05) is 47.5 Å². The smallest absolute Gasteiger partial charge is 0.0725 e. The van der Waals surface area contributed by atoms with Crippen molar-refractivity contribution in [2.45, 2.75) is 13.5 Å². The second-order valence-corrected chi connectivity index (χ2v) is 5.74. The molecule has 0 aliphatic rings. The van der Waals surface area contributed by atoms with Crippen LogP contribution < -0.4 is 5.32 Å². The first-order chi connectivity index (χ1) is 10.1. The largest absolute Gasteiger partial charge is 0.380 e. The van der Waals surface area contributed by atoms with E-state index in [1.807, 2.05) is 43.3 Å². The first kappa shape index (κ1) is 14.2. The molecule has 0 aliphatic carbocycles. The third-order valence-corrected chi connectivity index (χ3v) is 4.05. The van der Waals surface area contributed by atoms with Crippen molar-refractivity contribution in [2.75, 3.05) is 5.32 Å². The lowest BCUT2D eigenvalue weighted by Crippen LogP contribution is -2.01. The van der Waals surface area contributed by atoms with E-state index in [0.29, 0.717) is 16.6 Å². The number of anilines is 1. The molecule has 0 atom stereocenters. The van der Waals surface area contributed by atoms with Crippen molar-refractivity contribution in [1.82, 2.24) is 4.98 Å². The standard InChI is InChI=1S/C17H14Cl2N2/c1-11-8-17(13-4-2-3-5-16(13)21-11)20-10-12-6-7-14(18)15(19)9-12/h2-9H,10H2,1H3,(H,20,21). The number of hydrogen-bond acceptors (Lipinski definition) is 2. The predicted octanol–water partition coefficient (Wildman–Crippen LogP) is 5.46. The van der Waals surface area contributed by atoms with Crippen LogP contribution in [0.15, 0.2) is 48.5 Å². The Labute approximate surface area is 133 Å². The number of aryl methyl sites for hydroxylation is 1. The van der Waals surface area contributed by atoms with E-state index in [-0.39, 0.29) is 0 Å². The van der Waals surface area contributed by atoms with Crippen LogP contribution in [-0.4, -0.2) is 4.98 Å². The number of halogens is 2. The molecule has 0 bridgehead atoms. The molecule has 0 fully saturated rings. The molecule has 0 unspecified atom stereocenters. The van der Waals surface area contributed by atoms with Crippen LogP contribution in [0.25, 0.3) is 10.9 Å². The Bertz CT molecular complexity index is 800. The van der Waals surface area contributed by atoms with Gasteiger partial charge >= 0.3 is 0 Å². The molecule has 0 aliphatic heterocycles. The quantitative estimate of drug-likeness (QED) is 0.693. The van der Waals surface area contributed by atoms with Crippen molar-refractivity contribution < 1.29 is 0 Å². The maximum absolute atomic E-state index is 6.05. The van der Waals surface area contributed by atoms with Crippen LogP contribution in [0.2, 0.25) is 10.0 Å². The SMILES string of the molecule is Cc1cc(NCc2ccc(Cl)c(Cl)c2)c2ccccc2n1. The molecule has 2 nitrogen and oxygen atoms in total. The van der Waals surface area contributed by atoms with Gasteiger partial charge in [-0.15, -0.1) is 0 Å². The van der Waals surface area contributed by atoms with Gasteiger partial charge in [0.25, 0.3) is 0 Å². The molecule has 3 rings (SSSR count). The molecular weight excluding hydrogens is 303 g/mol. The van der Waals surface area contributed by atoms with Crippen molar-refractivity contribution >= 4 is 39.8 Å². The van der Waals surface area contributed by atoms with Gasteiger partial charge in [0.05, 0.1) is 15.6 Å². The Hall–Kier alpha value is -1.77. The zero-order valence-electron chi connectivity index (χ0n) is 11.5. The van der Waals surface area contributed by atoms with Crippen LogP contribution in [0.4, 0.5) is 5.69 Å². The average molecular weight is 317 g/mol. The van der Waals surface area contributed by atoms with Crippen LogP contribution in [-0.2, 0) is 6.54 Å². The Morgan fingerprint density at radius 3 is 2.62 bits per heavy atom. The number of hydrogen-bond donors (Lipinski definition) is 1. The molecule has 3 aromatic rings. The second-order valence-electron chi connectivity index (χ2n) is 4.93. The minimum atomic E-state index is 0.575. The van der Waals surface area contributed by atoms with E-state index in [2.05, 4.69) is 22.4 Å².